The van der Waals surface area contributed by atoms with Crippen LogP contribution in [0, 0.1) is 0 Å². The number of ether oxygens (including phenoxy) is 2. The van der Waals surface area contributed by atoms with Gasteiger partial charge in [-0.1, -0.05) is 36.5 Å². The third kappa shape index (κ3) is 2.87. The van der Waals surface area contributed by atoms with E-state index in [1.807, 2.05) is 24.3 Å². The van der Waals surface area contributed by atoms with E-state index in [2.05, 4.69) is 12.2 Å². The normalized spacial score (nSPS) is 25.2. The van der Waals surface area contributed by atoms with Crippen molar-refractivity contribution in [2.45, 2.75) is 19.3 Å². The van der Waals surface area contributed by atoms with Gasteiger partial charge in [0.1, 0.15) is 5.76 Å². The van der Waals surface area contributed by atoms with E-state index in [9.17, 15) is 4.79 Å². The lowest BCUT2D eigenvalue weighted by atomic mass is 9.94. The van der Waals surface area contributed by atoms with E-state index in [1.54, 1.807) is 7.11 Å². The molecule has 2 rings (SSSR count). The van der Waals surface area contributed by atoms with Gasteiger partial charge in [-0.25, -0.2) is 4.79 Å². The van der Waals surface area contributed by atoms with Crippen LogP contribution >= 0.6 is 0 Å². The molecule has 0 fully saturated rings. The number of esters is 1. The Kier molecular flexibility index (Phi) is 4.39. The molecule has 0 heterocycles. The highest BCUT2D eigenvalue weighted by atomic mass is 16.5. The predicted octanol–water partition coefficient (Wildman–Crippen LogP) is 3.22. The van der Waals surface area contributed by atoms with E-state index >= 15 is 0 Å². The molecule has 0 saturated heterocycles. The maximum Gasteiger partial charge on any atom is 0.341 e. The van der Waals surface area contributed by atoms with Gasteiger partial charge in [-0.3, -0.25) is 0 Å². The Hall–Kier alpha value is -2.03. The van der Waals surface area contributed by atoms with Crippen molar-refractivity contribution >= 4 is 5.97 Å². The van der Waals surface area contributed by atoms with Crippen molar-refractivity contribution in [1.29, 1.82) is 0 Å². The first-order chi connectivity index (χ1) is 9.27. The molecular formula is C16H18O3. The summed E-state index contributed by atoms with van der Waals surface area (Å²) < 4.78 is 10.3. The van der Waals surface area contributed by atoms with Gasteiger partial charge in [0.15, 0.2) is 0 Å². The molecule has 2 aliphatic rings. The Bertz CT molecular complexity index is 516. The van der Waals surface area contributed by atoms with E-state index < -0.39 is 0 Å². The largest absolute Gasteiger partial charge is 0.495 e. The fraction of sp³-hybridized carbons (Fsp3) is 0.312. The highest BCUT2D eigenvalue weighted by Crippen LogP contribution is 2.30. The molecule has 0 N–H and O–H groups in total. The molecule has 0 aromatic heterocycles. The third-order valence-corrected chi connectivity index (χ3v) is 3.20. The highest BCUT2D eigenvalue weighted by Gasteiger charge is 2.22. The third-order valence-electron chi connectivity index (χ3n) is 3.20. The molecule has 3 nitrogen and oxygen atoms in total. The molecule has 0 radical (unpaired) electrons. The number of allylic oxidation sites excluding steroid dienone is 8. The average Bonchev–Trinajstić information content (AvgIpc) is 2.64. The van der Waals surface area contributed by atoms with Crippen LogP contribution in [-0.4, -0.2) is 20.2 Å². The van der Waals surface area contributed by atoms with Crippen LogP contribution in [0.4, 0.5) is 0 Å². The molecule has 19 heavy (non-hydrogen) atoms. The molecule has 0 bridgehead atoms. The van der Waals surface area contributed by atoms with Crippen LogP contribution < -0.4 is 0 Å². The minimum atomic E-state index is -0.351. The molecule has 0 aromatic carbocycles. The maximum absolute atomic E-state index is 11.9. The first-order valence-corrected chi connectivity index (χ1v) is 6.37. The SMILES string of the molecule is COC(=O)C1=C/CCC=C2CC=CC=C\C2=C\1OC. The van der Waals surface area contributed by atoms with Crippen LogP contribution in [0.5, 0.6) is 0 Å². The summed E-state index contributed by atoms with van der Waals surface area (Å²) in [4.78, 5) is 11.9. The summed E-state index contributed by atoms with van der Waals surface area (Å²) in [7, 11) is 2.98. The minimum Gasteiger partial charge on any atom is -0.495 e. The van der Waals surface area contributed by atoms with Crippen molar-refractivity contribution in [3.8, 4) is 0 Å². The molecule has 2 aliphatic carbocycles. The van der Waals surface area contributed by atoms with Gasteiger partial charge >= 0.3 is 5.97 Å². The van der Waals surface area contributed by atoms with E-state index in [0.29, 0.717) is 11.3 Å². The van der Waals surface area contributed by atoms with Crippen molar-refractivity contribution < 1.29 is 14.3 Å². The van der Waals surface area contributed by atoms with Gasteiger partial charge in [0.05, 0.1) is 19.8 Å². The van der Waals surface area contributed by atoms with Gasteiger partial charge in [0.2, 0.25) is 0 Å². The number of rotatable bonds is 2. The zero-order chi connectivity index (χ0) is 13.7. The lowest BCUT2D eigenvalue weighted by molar-refractivity contribution is -0.136. The van der Waals surface area contributed by atoms with Gasteiger partial charge in [-0.05, 0) is 24.8 Å². The summed E-state index contributed by atoms with van der Waals surface area (Å²) in [5, 5.41) is 0. The van der Waals surface area contributed by atoms with Crippen molar-refractivity contribution in [2.24, 2.45) is 0 Å². The molecule has 100 valence electrons. The summed E-state index contributed by atoms with van der Waals surface area (Å²) in [5.74, 6) is 0.244. The zero-order valence-electron chi connectivity index (χ0n) is 11.3. The standard InChI is InChI=1S/C16H18O3/c1-18-15-13-10-5-3-4-8-12(13)9-6-7-11-14(15)16(17)19-2/h3-5,9-11H,6-8H2,1-2H3/b12-9?,14-11+,15-13+. The van der Waals surface area contributed by atoms with Gasteiger partial charge in [-0.2, -0.15) is 0 Å². The van der Waals surface area contributed by atoms with Crippen LogP contribution in [0.15, 0.2) is 58.9 Å². The Morgan fingerprint density at radius 1 is 1.16 bits per heavy atom. The van der Waals surface area contributed by atoms with Crippen molar-refractivity contribution in [3.63, 3.8) is 0 Å². The first kappa shape index (κ1) is 13.4. The van der Waals surface area contributed by atoms with E-state index in [0.717, 1.165) is 24.8 Å². The van der Waals surface area contributed by atoms with Gasteiger partial charge in [0.25, 0.3) is 0 Å². The van der Waals surface area contributed by atoms with Crippen molar-refractivity contribution in [2.75, 3.05) is 14.2 Å². The average molecular weight is 258 g/mol. The summed E-state index contributed by atoms with van der Waals surface area (Å²) >= 11 is 0. The van der Waals surface area contributed by atoms with Crippen LogP contribution in [0.3, 0.4) is 0 Å². The molecule has 0 aliphatic heterocycles. The van der Waals surface area contributed by atoms with E-state index in [-0.39, 0.29) is 5.97 Å². The smallest absolute Gasteiger partial charge is 0.341 e. The topological polar surface area (TPSA) is 35.5 Å². The number of methoxy groups -OCH3 is 2. The first-order valence-electron chi connectivity index (χ1n) is 6.37. The second kappa shape index (κ2) is 6.23. The molecule has 0 aromatic rings. The predicted molar refractivity (Wildman–Crippen MR) is 74.3 cm³/mol. The molecule has 3 heteroatoms. The second-order valence-corrected chi connectivity index (χ2v) is 4.35. The lowest BCUT2D eigenvalue weighted by Crippen LogP contribution is -2.12. The van der Waals surface area contributed by atoms with E-state index in [1.165, 1.54) is 12.7 Å². The monoisotopic (exact) mass is 258 g/mol. The van der Waals surface area contributed by atoms with Gasteiger partial charge in [-0.15, -0.1) is 0 Å². The van der Waals surface area contributed by atoms with Crippen molar-refractivity contribution in [1.82, 2.24) is 0 Å². The quantitative estimate of drug-likeness (QED) is 0.713. The Morgan fingerprint density at radius 3 is 2.68 bits per heavy atom. The number of carbonyl (C=O) groups excluding carboxylic acids is 1. The molecular weight excluding hydrogens is 240 g/mol. The maximum atomic E-state index is 11.9. The molecule has 0 unspecified atom stereocenters. The Morgan fingerprint density at radius 2 is 1.95 bits per heavy atom. The van der Waals surface area contributed by atoms with Crippen LogP contribution in [0.25, 0.3) is 0 Å². The van der Waals surface area contributed by atoms with Crippen LogP contribution in [0.2, 0.25) is 0 Å². The lowest BCUT2D eigenvalue weighted by Gasteiger charge is -2.17. The fourth-order valence-electron chi connectivity index (χ4n) is 2.29. The van der Waals surface area contributed by atoms with Crippen LogP contribution in [0.1, 0.15) is 19.3 Å². The molecule has 0 spiro atoms. The fourth-order valence-corrected chi connectivity index (χ4v) is 2.29. The second-order valence-electron chi connectivity index (χ2n) is 4.35. The van der Waals surface area contributed by atoms with Gasteiger partial charge in [0, 0.05) is 5.57 Å². The number of fused-ring (bicyclic) bond motifs is 1. The number of carbonyl (C=O) groups is 1. The Balaban J connectivity index is 2.56. The zero-order valence-corrected chi connectivity index (χ0v) is 11.3. The summed E-state index contributed by atoms with van der Waals surface area (Å²) in [5.41, 5.74) is 2.66. The van der Waals surface area contributed by atoms with Crippen molar-refractivity contribution in [3.05, 3.63) is 58.9 Å². The summed E-state index contributed by atoms with van der Waals surface area (Å²) in [6.45, 7) is 0. The molecule has 0 amide bonds. The minimum absolute atomic E-state index is 0.351. The van der Waals surface area contributed by atoms with Gasteiger partial charge < -0.3 is 9.47 Å². The Labute approximate surface area is 113 Å². The molecule has 0 saturated carbocycles. The molecule has 0 atom stereocenters. The van der Waals surface area contributed by atoms with E-state index in [4.69, 9.17) is 9.47 Å². The number of hydrogen-bond donors (Lipinski definition) is 0. The van der Waals surface area contributed by atoms with Crippen LogP contribution in [-0.2, 0) is 14.3 Å². The summed E-state index contributed by atoms with van der Waals surface area (Å²) in [6.07, 6.45) is 14.7. The number of hydrogen-bond acceptors (Lipinski definition) is 3. The highest BCUT2D eigenvalue weighted by molar-refractivity contribution is 5.93. The summed E-state index contributed by atoms with van der Waals surface area (Å²) in [6, 6.07) is 0.